The number of allylic oxidation sites excluding steroid dienone is 2. The second-order valence-electron chi connectivity index (χ2n) is 7.67. The molecule has 0 aromatic heterocycles. The van der Waals surface area contributed by atoms with Crippen LogP contribution in [0.2, 0.25) is 0 Å². The number of rotatable bonds is 19. The maximum absolute atomic E-state index is 10.3. The molecular weight excluding hydrogens is 486 g/mol. The zero-order valence-corrected chi connectivity index (χ0v) is 19.9. The molecular formula is C22H42Na2O9S. The van der Waals surface area contributed by atoms with Gasteiger partial charge in [-0.05, 0) is 32.1 Å². The van der Waals surface area contributed by atoms with Crippen molar-refractivity contribution < 1.29 is 42.7 Å². The standard InChI is InChI=1S/C18H34O2.C4H6O7S.2Na.2H/c1-2-3-4-5-6-7-8-9-10-11-12-13-14-15-16-17-18(19)20;5-3(6)1-2(4(7)8)12(9,10)11;;;;/h9-10H,2-8,11-17H2,1H3,(H,19,20);2H,1H2,(H,5,6)(H,7,8)(H,9,10,11);;;;. The predicted molar refractivity (Wildman–Crippen MR) is 137 cm³/mol. The molecule has 34 heavy (non-hydrogen) atoms. The maximum atomic E-state index is 10.3. The molecule has 9 nitrogen and oxygen atoms in total. The van der Waals surface area contributed by atoms with E-state index in [0.717, 1.165) is 12.8 Å². The SMILES string of the molecule is CCCCCCCCC=CCCCCCCCC(=O)O.O=C(O)CC(C(=O)O)S(=O)(=O)O.[NaH].[NaH]. The van der Waals surface area contributed by atoms with Gasteiger partial charge in [0.2, 0.25) is 0 Å². The Labute approximate surface area is 248 Å². The molecule has 0 aromatic rings. The van der Waals surface area contributed by atoms with E-state index in [1.165, 1.54) is 70.6 Å². The van der Waals surface area contributed by atoms with Crippen LogP contribution in [0.25, 0.3) is 0 Å². The molecule has 192 valence electrons. The van der Waals surface area contributed by atoms with E-state index in [1.54, 1.807) is 0 Å². The van der Waals surface area contributed by atoms with Gasteiger partial charge in [-0.15, -0.1) is 0 Å². The first-order valence-electron chi connectivity index (χ1n) is 11.3. The summed E-state index contributed by atoms with van der Waals surface area (Å²) in [5, 5.41) is 22.4. The van der Waals surface area contributed by atoms with Gasteiger partial charge in [0, 0.05) is 6.42 Å². The third-order valence-corrected chi connectivity index (χ3v) is 5.73. The Hall–Kier alpha value is 0.0600. The average molecular weight is 529 g/mol. The van der Waals surface area contributed by atoms with Crippen LogP contribution in [0.1, 0.15) is 103 Å². The molecule has 0 saturated carbocycles. The van der Waals surface area contributed by atoms with E-state index in [-0.39, 0.29) is 59.1 Å². The number of hydrogen-bond donors (Lipinski definition) is 4. The van der Waals surface area contributed by atoms with Gasteiger partial charge in [-0.3, -0.25) is 18.9 Å². The van der Waals surface area contributed by atoms with E-state index in [2.05, 4.69) is 19.1 Å². The number of carboxylic acids is 3. The van der Waals surface area contributed by atoms with Crippen LogP contribution in [0, 0.1) is 0 Å². The quantitative estimate of drug-likeness (QED) is 0.0847. The molecule has 0 aromatic carbocycles. The van der Waals surface area contributed by atoms with Gasteiger partial charge < -0.3 is 15.3 Å². The van der Waals surface area contributed by atoms with Gasteiger partial charge in [0.05, 0.1) is 6.42 Å². The second-order valence-corrected chi connectivity index (χ2v) is 9.27. The summed E-state index contributed by atoms with van der Waals surface area (Å²) in [5.74, 6) is -4.16. The first-order chi connectivity index (χ1) is 15.0. The molecule has 0 heterocycles. The van der Waals surface area contributed by atoms with Gasteiger partial charge in [0.25, 0.3) is 10.1 Å². The van der Waals surface area contributed by atoms with Gasteiger partial charge in [0.1, 0.15) is 0 Å². The van der Waals surface area contributed by atoms with Gasteiger partial charge in [-0.25, -0.2) is 0 Å². The van der Waals surface area contributed by atoms with Crippen LogP contribution in [0.3, 0.4) is 0 Å². The van der Waals surface area contributed by atoms with E-state index >= 15 is 0 Å². The molecule has 0 saturated heterocycles. The predicted octanol–water partition coefficient (Wildman–Crippen LogP) is 3.61. The third-order valence-electron chi connectivity index (χ3n) is 4.65. The van der Waals surface area contributed by atoms with Gasteiger partial charge in [-0.1, -0.05) is 70.4 Å². The summed E-state index contributed by atoms with van der Waals surface area (Å²) in [7, 11) is -4.84. The fraction of sp³-hybridized carbons (Fsp3) is 0.773. The van der Waals surface area contributed by atoms with Crippen molar-refractivity contribution in [3.05, 3.63) is 12.2 Å². The topological polar surface area (TPSA) is 166 Å². The molecule has 0 aliphatic heterocycles. The second kappa shape index (κ2) is 27.6. The van der Waals surface area contributed by atoms with Crippen LogP contribution >= 0.6 is 0 Å². The van der Waals surface area contributed by atoms with E-state index in [0.29, 0.717) is 6.42 Å². The first kappa shape index (κ1) is 41.2. The van der Waals surface area contributed by atoms with E-state index in [9.17, 15) is 22.8 Å². The monoisotopic (exact) mass is 528 g/mol. The number of carbonyl (C=O) groups is 3. The Kier molecular flexibility index (Phi) is 33.5. The van der Waals surface area contributed by atoms with Crippen LogP contribution in [0.4, 0.5) is 0 Å². The van der Waals surface area contributed by atoms with Crippen molar-refractivity contribution in [2.24, 2.45) is 0 Å². The molecule has 0 bridgehead atoms. The molecule has 0 fully saturated rings. The number of hydrogen-bond acceptors (Lipinski definition) is 5. The van der Waals surface area contributed by atoms with Crippen molar-refractivity contribution in [3.8, 4) is 0 Å². The fourth-order valence-corrected chi connectivity index (χ4v) is 3.43. The number of aliphatic carboxylic acids is 3. The van der Waals surface area contributed by atoms with Gasteiger partial charge >= 0.3 is 77.0 Å². The average Bonchev–Trinajstić information content (AvgIpc) is 2.68. The first-order valence-corrected chi connectivity index (χ1v) is 12.8. The third kappa shape index (κ3) is 32.1. The Morgan fingerprint density at radius 3 is 1.44 bits per heavy atom. The summed E-state index contributed by atoms with van der Waals surface area (Å²) in [4.78, 5) is 30.3. The zero-order valence-electron chi connectivity index (χ0n) is 19.1. The Morgan fingerprint density at radius 1 is 0.706 bits per heavy atom. The van der Waals surface area contributed by atoms with Crippen molar-refractivity contribution in [2.75, 3.05) is 0 Å². The van der Waals surface area contributed by atoms with Crippen molar-refractivity contribution >= 4 is 87.1 Å². The van der Waals surface area contributed by atoms with Crippen LogP contribution in [-0.2, 0) is 24.5 Å². The van der Waals surface area contributed by atoms with Crippen LogP contribution in [0.15, 0.2) is 12.2 Å². The summed E-state index contributed by atoms with van der Waals surface area (Å²) < 4.78 is 28.7. The summed E-state index contributed by atoms with van der Waals surface area (Å²) in [6.07, 6.45) is 20.1. The number of unbranched alkanes of at least 4 members (excludes halogenated alkanes) is 11. The Bertz CT molecular complexity index is 653. The van der Waals surface area contributed by atoms with Crippen LogP contribution in [0.5, 0.6) is 0 Å². The molecule has 0 radical (unpaired) electrons. The normalized spacial score (nSPS) is 11.5. The summed E-state index contributed by atoms with van der Waals surface area (Å²) in [6, 6.07) is 0. The van der Waals surface area contributed by atoms with Crippen molar-refractivity contribution in [2.45, 2.75) is 108 Å². The molecule has 1 unspecified atom stereocenters. The van der Waals surface area contributed by atoms with E-state index in [4.69, 9.17) is 19.9 Å². The van der Waals surface area contributed by atoms with Crippen molar-refractivity contribution in [1.82, 2.24) is 0 Å². The summed E-state index contributed by atoms with van der Waals surface area (Å²) >= 11 is 0. The minimum atomic E-state index is -4.84. The minimum absolute atomic E-state index is 0. The van der Waals surface area contributed by atoms with Crippen LogP contribution < -0.4 is 0 Å². The molecule has 1 atom stereocenters. The number of carboxylic acid groups (broad SMARTS) is 3. The summed E-state index contributed by atoms with van der Waals surface area (Å²) in [5.41, 5.74) is 0. The molecule has 0 rings (SSSR count). The van der Waals surface area contributed by atoms with Crippen molar-refractivity contribution in [3.63, 3.8) is 0 Å². The van der Waals surface area contributed by atoms with Crippen LogP contribution in [-0.4, -0.2) is 111 Å². The molecule has 0 aliphatic carbocycles. The molecule has 0 spiro atoms. The molecule has 4 N–H and O–H groups in total. The van der Waals surface area contributed by atoms with E-state index in [1.807, 2.05) is 0 Å². The molecule has 0 aliphatic rings. The van der Waals surface area contributed by atoms with Gasteiger partial charge in [0.15, 0.2) is 5.25 Å². The van der Waals surface area contributed by atoms with Crippen molar-refractivity contribution in [1.29, 1.82) is 0 Å². The molecule has 12 heteroatoms. The van der Waals surface area contributed by atoms with Gasteiger partial charge in [-0.2, -0.15) is 8.42 Å². The summed E-state index contributed by atoms with van der Waals surface area (Å²) in [6.45, 7) is 2.26. The fourth-order valence-electron chi connectivity index (χ4n) is 2.83. The zero-order chi connectivity index (χ0) is 24.8. The Balaban J connectivity index is -0.000000279. The van der Waals surface area contributed by atoms with E-state index < -0.39 is 39.7 Å². The Morgan fingerprint density at radius 2 is 1.12 bits per heavy atom. The molecule has 0 amide bonds.